The maximum absolute atomic E-state index is 14.2. The Bertz CT molecular complexity index is 1700. The average Bonchev–Trinajstić information content (AvgIpc) is 3.69. The lowest BCUT2D eigenvalue weighted by atomic mass is 10.1. The van der Waals surface area contributed by atoms with Gasteiger partial charge in [-0.1, -0.05) is 23.2 Å². The second-order valence-corrected chi connectivity index (χ2v) is 10.4. The lowest BCUT2D eigenvalue weighted by molar-refractivity contribution is -0.165. The number of hydrogen-bond acceptors (Lipinski definition) is 7. The number of carbonyl (C=O) groups is 2. The highest BCUT2D eigenvalue weighted by Gasteiger charge is 2.44. The van der Waals surface area contributed by atoms with E-state index < -0.39 is 42.5 Å². The van der Waals surface area contributed by atoms with Crippen molar-refractivity contribution in [2.45, 2.75) is 44.2 Å². The molecule has 2 amide bonds. The molecule has 1 fully saturated rings. The number of aromatic nitrogens is 7. The van der Waals surface area contributed by atoms with Crippen LogP contribution in [0.5, 0.6) is 0 Å². The van der Waals surface area contributed by atoms with Crippen molar-refractivity contribution < 1.29 is 27.9 Å². The summed E-state index contributed by atoms with van der Waals surface area (Å²) in [6.45, 7) is -1.34. The first kappa shape index (κ1) is 30.0. The van der Waals surface area contributed by atoms with E-state index in [1.54, 1.807) is 12.1 Å². The highest BCUT2D eigenvalue weighted by Crippen LogP contribution is 2.26. The first-order chi connectivity index (χ1) is 20.4. The molecule has 2 unspecified atom stereocenters. The molecule has 0 spiro atoms. The third-order valence-electron chi connectivity index (χ3n) is 6.69. The van der Waals surface area contributed by atoms with Crippen LogP contribution in [0.25, 0.3) is 17.2 Å². The normalized spacial score (nSPS) is 15.9. The topological polar surface area (TPSA) is 153 Å². The minimum Gasteiger partial charge on any atom is -0.465 e. The molecule has 226 valence electrons. The Labute approximate surface area is 250 Å². The fourth-order valence-corrected chi connectivity index (χ4v) is 4.96. The van der Waals surface area contributed by atoms with E-state index in [9.17, 15) is 32.7 Å². The van der Waals surface area contributed by atoms with Crippen LogP contribution in [0.1, 0.15) is 18.7 Å². The van der Waals surface area contributed by atoms with Gasteiger partial charge in [0.05, 0.1) is 11.6 Å². The molecular weight excluding hydrogens is 618 g/mol. The summed E-state index contributed by atoms with van der Waals surface area (Å²) in [6.07, 6.45) is -3.21. The van der Waals surface area contributed by atoms with E-state index in [0.29, 0.717) is 11.4 Å². The minimum absolute atomic E-state index is 0.0212. The molecule has 0 bridgehead atoms. The molecule has 0 aliphatic carbocycles. The van der Waals surface area contributed by atoms with Gasteiger partial charge < -0.3 is 10.4 Å². The number of halogens is 5. The summed E-state index contributed by atoms with van der Waals surface area (Å²) >= 11 is 12.1. The SMILES string of the molecule is O=C(NC(Cn1c(-c2ccc(Cl)cc2)nn(Cc2ncn(-c3ncccc3Cl)n2)c1=O)C(F)(F)F)C1CCCN1C(=O)O. The maximum Gasteiger partial charge on any atom is 0.410 e. The molecule has 1 aliphatic rings. The highest BCUT2D eigenvalue weighted by atomic mass is 35.5. The van der Waals surface area contributed by atoms with E-state index in [1.165, 1.54) is 41.5 Å². The number of likely N-dealkylation sites (tertiary alicyclic amines) is 1. The van der Waals surface area contributed by atoms with Crippen LogP contribution in [0, 0.1) is 0 Å². The Morgan fingerprint density at radius 1 is 1.12 bits per heavy atom. The Balaban J connectivity index is 1.48. The first-order valence-electron chi connectivity index (χ1n) is 12.7. The van der Waals surface area contributed by atoms with Crippen molar-refractivity contribution in [3.8, 4) is 17.2 Å². The van der Waals surface area contributed by atoms with Crippen LogP contribution in [0.15, 0.2) is 53.7 Å². The Hall–Kier alpha value is -4.44. The lowest BCUT2D eigenvalue weighted by Gasteiger charge is -2.26. The van der Waals surface area contributed by atoms with Gasteiger partial charge in [-0.3, -0.25) is 14.3 Å². The van der Waals surface area contributed by atoms with E-state index in [1.807, 2.05) is 5.32 Å². The van der Waals surface area contributed by atoms with Crippen LogP contribution >= 0.6 is 23.2 Å². The van der Waals surface area contributed by atoms with Gasteiger partial charge in [-0.05, 0) is 49.2 Å². The molecule has 13 nitrogen and oxygen atoms in total. The Morgan fingerprint density at radius 3 is 2.53 bits per heavy atom. The molecule has 4 aromatic rings. The van der Waals surface area contributed by atoms with Crippen molar-refractivity contribution >= 4 is 35.2 Å². The Morgan fingerprint density at radius 2 is 1.86 bits per heavy atom. The van der Waals surface area contributed by atoms with Crippen LogP contribution in [0.2, 0.25) is 10.0 Å². The maximum atomic E-state index is 14.2. The summed E-state index contributed by atoms with van der Waals surface area (Å²) in [5.74, 6) is -0.883. The third kappa shape index (κ3) is 6.49. The number of nitrogens with one attached hydrogen (secondary N) is 1. The van der Waals surface area contributed by atoms with E-state index in [2.05, 4.69) is 20.2 Å². The second kappa shape index (κ2) is 12.0. The molecule has 1 aromatic carbocycles. The predicted octanol–water partition coefficient (Wildman–Crippen LogP) is 3.23. The molecule has 0 saturated carbocycles. The minimum atomic E-state index is -5.00. The van der Waals surface area contributed by atoms with Crippen molar-refractivity contribution in [1.82, 2.24) is 44.3 Å². The zero-order valence-electron chi connectivity index (χ0n) is 21.9. The standard InChI is InChI=1S/C25H22Cl2F3N9O4/c26-15-7-5-14(6-8-15)20-35-38(12-19-32-13-39(34-19)21-16(27)3-1-9-31-21)23(41)37(20)11-18(25(28,29)30)33-22(40)17-4-2-10-36(17)24(42)43/h1,3,5-9,13,17-18H,2,4,10-12H2,(H,33,40)(H,42,43). The van der Waals surface area contributed by atoms with Crippen molar-refractivity contribution in [1.29, 1.82) is 0 Å². The van der Waals surface area contributed by atoms with Gasteiger partial charge in [0.2, 0.25) is 5.91 Å². The van der Waals surface area contributed by atoms with Crippen LogP contribution in [-0.4, -0.2) is 80.9 Å². The number of nitrogens with zero attached hydrogens (tertiary/aromatic N) is 8. The number of amides is 2. The smallest absolute Gasteiger partial charge is 0.410 e. The number of hydrogen-bond donors (Lipinski definition) is 2. The fraction of sp³-hybridized carbons (Fsp3) is 0.320. The molecule has 1 aliphatic heterocycles. The summed E-state index contributed by atoms with van der Waals surface area (Å²) in [6, 6.07) is 5.31. The van der Waals surface area contributed by atoms with Crippen LogP contribution < -0.4 is 11.0 Å². The largest absolute Gasteiger partial charge is 0.465 e. The predicted molar refractivity (Wildman–Crippen MR) is 146 cm³/mol. The molecule has 3 aromatic heterocycles. The zero-order chi connectivity index (χ0) is 30.9. The van der Waals surface area contributed by atoms with E-state index in [-0.39, 0.29) is 47.6 Å². The molecule has 4 heterocycles. The van der Waals surface area contributed by atoms with E-state index >= 15 is 0 Å². The molecule has 2 atom stereocenters. The van der Waals surface area contributed by atoms with E-state index in [0.717, 1.165) is 14.1 Å². The number of pyridine rings is 1. The lowest BCUT2D eigenvalue weighted by Crippen LogP contribution is -2.54. The van der Waals surface area contributed by atoms with Gasteiger partial charge in [-0.2, -0.15) is 13.2 Å². The van der Waals surface area contributed by atoms with Gasteiger partial charge in [-0.15, -0.1) is 10.2 Å². The summed E-state index contributed by atoms with van der Waals surface area (Å²) in [5.41, 5.74) is -0.659. The van der Waals surface area contributed by atoms with Crippen molar-refractivity contribution in [2.24, 2.45) is 0 Å². The van der Waals surface area contributed by atoms with Crippen molar-refractivity contribution in [3.63, 3.8) is 0 Å². The van der Waals surface area contributed by atoms with Gasteiger partial charge in [0.1, 0.15) is 25.0 Å². The number of carbonyl (C=O) groups excluding carboxylic acids is 1. The summed E-state index contributed by atoms with van der Waals surface area (Å²) in [5, 5.41) is 20.4. The van der Waals surface area contributed by atoms with Gasteiger partial charge >= 0.3 is 18.0 Å². The van der Waals surface area contributed by atoms with Gasteiger partial charge in [-0.25, -0.2) is 28.9 Å². The second-order valence-electron chi connectivity index (χ2n) is 9.53. The van der Waals surface area contributed by atoms with Crippen molar-refractivity contribution in [3.05, 3.63) is 75.3 Å². The third-order valence-corrected chi connectivity index (χ3v) is 7.24. The molecule has 0 radical (unpaired) electrons. The van der Waals surface area contributed by atoms with Crippen LogP contribution in [-0.2, 0) is 17.9 Å². The monoisotopic (exact) mass is 639 g/mol. The fourth-order valence-electron chi connectivity index (χ4n) is 4.62. The first-order valence-corrected chi connectivity index (χ1v) is 13.5. The molecule has 1 saturated heterocycles. The molecule has 43 heavy (non-hydrogen) atoms. The zero-order valence-corrected chi connectivity index (χ0v) is 23.5. The number of benzene rings is 1. The van der Waals surface area contributed by atoms with Gasteiger partial charge in [0.25, 0.3) is 0 Å². The number of alkyl halides is 3. The highest BCUT2D eigenvalue weighted by molar-refractivity contribution is 6.32. The molecular formula is C25H22Cl2F3N9O4. The van der Waals surface area contributed by atoms with Crippen molar-refractivity contribution in [2.75, 3.05) is 6.54 Å². The summed E-state index contributed by atoms with van der Waals surface area (Å²) in [4.78, 5) is 46.8. The van der Waals surface area contributed by atoms with Gasteiger partial charge in [0, 0.05) is 23.3 Å². The summed E-state index contributed by atoms with van der Waals surface area (Å²) < 4.78 is 45.6. The molecule has 5 rings (SSSR count). The van der Waals surface area contributed by atoms with Crippen LogP contribution in [0.3, 0.4) is 0 Å². The number of carboxylic acid groups (broad SMARTS) is 1. The molecule has 18 heteroatoms. The van der Waals surface area contributed by atoms with Crippen LogP contribution in [0.4, 0.5) is 18.0 Å². The average molecular weight is 640 g/mol. The Kier molecular flexibility index (Phi) is 8.41. The number of rotatable bonds is 8. The quantitative estimate of drug-likeness (QED) is 0.298. The molecule has 2 N–H and O–H groups in total. The summed E-state index contributed by atoms with van der Waals surface area (Å²) in [7, 11) is 0. The van der Waals surface area contributed by atoms with Gasteiger partial charge in [0.15, 0.2) is 17.5 Å². The van der Waals surface area contributed by atoms with E-state index in [4.69, 9.17) is 23.2 Å².